The number of piperidine rings is 1. The Morgan fingerprint density at radius 2 is 2.00 bits per heavy atom. The van der Waals surface area contributed by atoms with E-state index in [-0.39, 0.29) is 0 Å². The van der Waals surface area contributed by atoms with Crippen LogP contribution in [0.5, 0.6) is 0 Å². The number of nitrogens with zero attached hydrogens (tertiary/aromatic N) is 1. The van der Waals surface area contributed by atoms with Gasteiger partial charge in [-0.25, -0.2) is 0 Å². The summed E-state index contributed by atoms with van der Waals surface area (Å²) in [5.74, 6) is 0.809. The van der Waals surface area contributed by atoms with Crippen molar-refractivity contribution >= 4 is 0 Å². The van der Waals surface area contributed by atoms with Gasteiger partial charge in [-0.2, -0.15) is 0 Å². The van der Waals surface area contributed by atoms with Crippen molar-refractivity contribution in [3.05, 3.63) is 24.2 Å². The van der Waals surface area contributed by atoms with Gasteiger partial charge in [-0.15, -0.1) is 0 Å². The fourth-order valence-electron chi connectivity index (χ4n) is 3.88. The Bertz CT molecular complexity index is 402. The number of hydrogen-bond donors (Lipinski definition) is 1. The molecule has 1 atom stereocenters. The first kappa shape index (κ1) is 15.1. The van der Waals surface area contributed by atoms with E-state index < -0.39 is 6.10 Å². The van der Waals surface area contributed by atoms with Crippen LogP contribution >= 0.6 is 0 Å². The molecule has 1 N–H and O–H groups in total. The number of rotatable bonds is 6. The molecular formula is C17H27NO3. The molecule has 1 aromatic rings. The minimum Gasteiger partial charge on any atom is -0.467 e. The molecule has 1 saturated carbocycles. The van der Waals surface area contributed by atoms with E-state index in [1.807, 2.05) is 12.1 Å². The van der Waals surface area contributed by atoms with Crippen LogP contribution in [0.4, 0.5) is 0 Å². The molecule has 4 heteroatoms. The average molecular weight is 293 g/mol. The fraction of sp³-hybridized carbons (Fsp3) is 0.765. The van der Waals surface area contributed by atoms with Gasteiger partial charge in [0.05, 0.1) is 19.0 Å². The zero-order valence-corrected chi connectivity index (χ0v) is 12.8. The molecule has 2 fully saturated rings. The highest BCUT2D eigenvalue weighted by Gasteiger charge is 2.36. The van der Waals surface area contributed by atoms with Crippen molar-refractivity contribution in [2.45, 2.75) is 51.2 Å². The second-order valence-corrected chi connectivity index (χ2v) is 6.76. The Kier molecular flexibility index (Phi) is 4.99. The SMILES string of the molecule is OC(COCc1ccco1)CN1CCC2(CCCC2)CC1. The lowest BCUT2D eigenvalue weighted by Crippen LogP contribution is -2.43. The van der Waals surface area contributed by atoms with Gasteiger partial charge >= 0.3 is 0 Å². The molecule has 118 valence electrons. The van der Waals surface area contributed by atoms with Crippen molar-refractivity contribution in [1.29, 1.82) is 0 Å². The molecule has 0 radical (unpaired) electrons. The molecule has 3 rings (SSSR count). The van der Waals surface area contributed by atoms with Crippen LogP contribution in [-0.2, 0) is 11.3 Å². The molecule has 0 bridgehead atoms. The summed E-state index contributed by atoms with van der Waals surface area (Å²) in [6, 6.07) is 3.74. The Morgan fingerprint density at radius 1 is 1.24 bits per heavy atom. The number of furan rings is 1. The average Bonchev–Trinajstić information content (AvgIpc) is 3.14. The summed E-state index contributed by atoms with van der Waals surface area (Å²) in [5.41, 5.74) is 0.650. The molecule has 0 aromatic carbocycles. The standard InChI is InChI=1S/C17H27NO3/c19-15(13-20-14-16-4-3-11-21-16)12-18-9-7-17(8-10-18)5-1-2-6-17/h3-4,11,15,19H,1-2,5-10,12-14H2. The van der Waals surface area contributed by atoms with Crippen molar-refractivity contribution < 1.29 is 14.3 Å². The Hall–Kier alpha value is -0.840. The quantitative estimate of drug-likeness (QED) is 0.876. The summed E-state index contributed by atoms with van der Waals surface area (Å²) in [4.78, 5) is 2.39. The second kappa shape index (κ2) is 6.95. The molecule has 1 aliphatic heterocycles. The topological polar surface area (TPSA) is 45.8 Å². The maximum Gasteiger partial charge on any atom is 0.129 e. The van der Waals surface area contributed by atoms with Crippen LogP contribution in [-0.4, -0.2) is 42.4 Å². The molecule has 2 heterocycles. The zero-order chi connectivity index (χ0) is 14.5. The summed E-state index contributed by atoms with van der Waals surface area (Å²) in [6.45, 7) is 3.81. The van der Waals surface area contributed by atoms with Gasteiger partial charge in [-0.1, -0.05) is 12.8 Å². The lowest BCUT2D eigenvalue weighted by molar-refractivity contribution is -0.00577. The molecule has 0 amide bonds. The first-order valence-electron chi connectivity index (χ1n) is 8.26. The van der Waals surface area contributed by atoms with E-state index in [4.69, 9.17) is 9.15 Å². The van der Waals surface area contributed by atoms with Crippen LogP contribution < -0.4 is 0 Å². The molecule has 1 aromatic heterocycles. The molecule has 1 aliphatic carbocycles. The van der Waals surface area contributed by atoms with Gasteiger partial charge in [0, 0.05) is 6.54 Å². The Labute approximate surface area is 127 Å². The van der Waals surface area contributed by atoms with Crippen LogP contribution in [0.3, 0.4) is 0 Å². The third-order valence-corrected chi connectivity index (χ3v) is 5.18. The molecule has 2 aliphatic rings. The van der Waals surface area contributed by atoms with Crippen LogP contribution in [0.1, 0.15) is 44.3 Å². The first-order chi connectivity index (χ1) is 10.3. The summed E-state index contributed by atoms with van der Waals surface area (Å²) in [7, 11) is 0. The molecule has 1 unspecified atom stereocenters. The van der Waals surface area contributed by atoms with E-state index in [0.29, 0.717) is 18.6 Å². The van der Waals surface area contributed by atoms with Gasteiger partial charge < -0.3 is 19.2 Å². The summed E-state index contributed by atoms with van der Waals surface area (Å²) in [5, 5.41) is 10.1. The van der Waals surface area contributed by atoms with Gasteiger partial charge in [-0.3, -0.25) is 0 Å². The van der Waals surface area contributed by atoms with Crippen molar-refractivity contribution in [2.75, 3.05) is 26.2 Å². The number of aliphatic hydroxyl groups is 1. The van der Waals surface area contributed by atoms with E-state index >= 15 is 0 Å². The molecule has 21 heavy (non-hydrogen) atoms. The van der Waals surface area contributed by atoms with Gasteiger partial charge in [0.2, 0.25) is 0 Å². The van der Waals surface area contributed by atoms with Crippen molar-refractivity contribution in [2.24, 2.45) is 5.41 Å². The zero-order valence-electron chi connectivity index (χ0n) is 12.8. The lowest BCUT2D eigenvalue weighted by Gasteiger charge is -2.40. The van der Waals surface area contributed by atoms with E-state index in [9.17, 15) is 5.11 Å². The van der Waals surface area contributed by atoms with E-state index in [1.165, 1.54) is 38.5 Å². The van der Waals surface area contributed by atoms with Crippen LogP contribution in [0.25, 0.3) is 0 Å². The van der Waals surface area contributed by atoms with Crippen LogP contribution in [0.2, 0.25) is 0 Å². The van der Waals surface area contributed by atoms with Crippen molar-refractivity contribution in [3.8, 4) is 0 Å². The predicted octanol–water partition coefficient (Wildman–Crippen LogP) is 2.81. The number of likely N-dealkylation sites (tertiary alicyclic amines) is 1. The molecule has 4 nitrogen and oxygen atoms in total. The van der Waals surface area contributed by atoms with Crippen LogP contribution in [0, 0.1) is 5.41 Å². The van der Waals surface area contributed by atoms with Gasteiger partial charge in [0.1, 0.15) is 12.4 Å². The van der Waals surface area contributed by atoms with Crippen molar-refractivity contribution in [1.82, 2.24) is 4.90 Å². The third kappa shape index (κ3) is 4.09. The normalized spacial score (nSPS) is 23.7. The number of aliphatic hydroxyl groups excluding tert-OH is 1. The lowest BCUT2D eigenvalue weighted by atomic mass is 9.77. The number of β-amino-alcohol motifs (C(OH)–C–C–N with tert-alkyl or cyclic N) is 1. The smallest absolute Gasteiger partial charge is 0.129 e. The molecule has 1 saturated heterocycles. The first-order valence-corrected chi connectivity index (χ1v) is 8.26. The molecular weight excluding hydrogens is 266 g/mol. The van der Waals surface area contributed by atoms with Gasteiger partial charge in [-0.05, 0) is 56.3 Å². The Balaban J connectivity index is 1.33. The summed E-state index contributed by atoms with van der Waals surface area (Å²) in [6.07, 6.45) is 9.55. The number of ether oxygens (including phenoxy) is 1. The van der Waals surface area contributed by atoms with Gasteiger partial charge in [0.15, 0.2) is 0 Å². The van der Waals surface area contributed by atoms with E-state index in [1.54, 1.807) is 6.26 Å². The monoisotopic (exact) mass is 293 g/mol. The largest absolute Gasteiger partial charge is 0.467 e. The maximum atomic E-state index is 10.1. The second-order valence-electron chi connectivity index (χ2n) is 6.76. The summed E-state index contributed by atoms with van der Waals surface area (Å²) >= 11 is 0. The minimum atomic E-state index is -0.405. The predicted molar refractivity (Wildman–Crippen MR) is 80.9 cm³/mol. The fourth-order valence-corrected chi connectivity index (χ4v) is 3.88. The van der Waals surface area contributed by atoms with Crippen LogP contribution in [0.15, 0.2) is 22.8 Å². The summed E-state index contributed by atoms with van der Waals surface area (Å²) < 4.78 is 10.7. The third-order valence-electron chi connectivity index (χ3n) is 5.18. The van der Waals surface area contributed by atoms with E-state index in [0.717, 1.165) is 25.4 Å². The number of hydrogen-bond acceptors (Lipinski definition) is 4. The highest BCUT2D eigenvalue weighted by molar-refractivity contribution is 4.96. The highest BCUT2D eigenvalue weighted by Crippen LogP contribution is 2.46. The Morgan fingerprint density at radius 3 is 2.67 bits per heavy atom. The highest BCUT2D eigenvalue weighted by atomic mass is 16.5. The maximum absolute atomic E-state index is 10.1. The van der Waals surface area contributed by atoms with Gasteiger partial charge in [0.25, 0.3) is 0 Å². The van der Waals surface area contributed by atoms with E-state index in [2.05, 4.69) is 4.90 Å². The molecule has 1 spiro atoms. The van der Waals surface area contributed by atoms with Crippen molar-refractivity contribution in [3.63, 3.8) is 0 Å². The minimum absolute atomic E-state index is 0.377.